The molecule has 2 rings (SSSR count). The van der Waals surface area contributed by atoms with Crippen molar-refractivity contribution in [3.05, 3.63) is 35.9 Å². The fourth-order valence-electron chi connectivity index (χ4n) is 3.25. The lowest BCUT2D eigenvalue weighted by molar-refractivity contribution is 0.518. The second-order valence-electron chi connectivity index (χ2n) is 5.42. The molecule has 19 heavy (non-hydrogen) atoms. The quantitative estimate of drug-likeness (QED) is 0.747. The van der Waals surface area contributed by atoms with Gasteiger partial charge >= 0.3 is 10.5 Å². The first-order valence-corrected chi connectivity index (χ1v) is 8.02. The Labute approximate surface area is 116 Å². The van der Waals surface area contributed by atoms with Crippen molar-refractivity contribution in [2.45, 2.75) is 51.0 Å². The predicted octanol–water partition coefficient (Wildman–Crippen LogP) is 3.59. The molecule has 0 N–H and O–H groups in total. The number of hydrogen-bond donors (Lipinski definition) is 0. The summed E-state index contributed by atoms with van der Waals surface area (Å²) in [5, 5.41) is 0. The molecule has 3 unspecified atom stereocenters. The summed E-state index contributed by atoms with van der Waals surface area (Å²) in [5.41, 5.74) is 1.18. The van der Waals surface area contributed by atoms with Crippen LogP contribution in [-0.4, -0.2) is 14.5 Å². The fourth-order valence-corrected chi connectivity index (χ4v) is 3.81. The minimum Gasteiger partial charge on any atom is -0.167 e. The molecule has 1 fully saturated rings. The van der Waals surface area contributed by atoms with Crippen LogP contribution in [0, 0.1) is 5.92 Å². The van der Waals surface area contributed by atoms with Crippen molar-refractivity contribution in [3.63, 3.8) is 0 Å². The van der Waals surface area contributed by atoms with Gasteiger partial charge in [-0.25, -0.2) is 0 Å². The van der Waals surface area contributed by atoms with Crippen molar-refractivity contribution in [3.8, 4) is 0 Å². The van der Waals surface area contributed by atoms with Gasteiger partial charge in [-0.1, -0.05) is 63.4 Å². The van der Waals surface area contributed by atoms with Gasteiger partial charge < -0.3 is 0 Å². The molecular formula is C15H21NO2S. The van der Waals surface area contributed by atoms with Crippen LogP contribution in [0.25, 0.3) is 0 Å². The van der Waals surface area contributed by atoms with Crippen LogP contribution in [0.1, 0.15) is 45.1 Å². The van der Waals surface area contributed by atoms with Gasteiger partial charge in [-0.15, -0.1) is 0 Å². The van der Waals surface area contributed by atoms with Crippen molar-refractivity contribution in [1.82, 2.24) is 0 Å². The van der Waals surface area contributed by atoms with E-state index in [4.69, 9.17) is 0 Å². The summed E-state index contributed by atoms with van der Waals surface area (Å²) in [6, 6.07) is 10.2. The molecular weight excluding hydrogens is 258 g/mol. The lowest BCUT2D eigenvalue weighted by Crippen LogP contribution is -2.13. The summed E-state index contributed by atoms with van der Waals surface area (Å²) in [7, 11) is -2.31. The van der Waals surface area contributed by atoms with Crippen LogP contribution in [0.3, 0.4) is 0 Å². The smallest absolute Gasteiger partial charge is 0.167 e. The van der Waals surface area contributed by atoms with Gasteiger partial charge in [0.25, 0.3) is 0 Å². The van der Waals surface area contributed by atoms with Crippen LogP contribution in [0.5, 0.6) is 0 Å². The van der Waals surface area contributed by atoms with E-state index in [1.165, 1.54) is 18.4 Å². The van der Waals surface area contributed by atoms with Crippen LogP contribution in [0.4, 0.5) is 0 Å². The first-order chi connectivity index (χ1) is 9.13. The second kappa shape index (κ2) is 5.87. The maximum atomic E-state index is 10.9. The summed E-state index contributed by atoms with van der Waals surface area (Å²) in [6.07, 6.45) is 4.52. The van der Waals surface area contributed by atoms with Crippen LogP contribution < -0.4 is 0 Å². The average Bonchev–Trinajstić information content (AvgIpc) is 2.95. The molecule has 0 heterocycles. The second-order valence-corrected chi connectivity index (χ2v) is 6.06. The maximum absolute atomic E-state index is 10.9. The Morgan fingerprint density at radius 3 is 2.47 bits per heavy atom. The van der Waals surface area contributed by atoms with Gasteiger partial charge in [-0.2, -0.15) is 12.8 Å². The van der Waals surface area contributed by atoms with E-state index < -0.39 is 10.5 Å². The molecule has 0 aliphatic heterocycles. The molecule has 0 bridgehead atoms. The number of hydrogen-bond acceptors (Lipinski definition) is 3. The summed E-state index contributed by atoms with van der Waals surface area (Å²) < 4.78 is 25.7. The van der Waals surface area contributed by atoms with E-state index in [2.05, 4.69) is 30.3 Å². The summed E-state index contributed by atoms with van der Waals surface area (Å²) in [4.78, 5) is 0. The molecule has 3 atom stereocenters. The zero-order chi connectivity index (χ0) is 13.9. The van der Waals surface area contributed by atoms with Crippen molar-refractivity contribution in [1.29, 1.82) is 0 Å². The van der Waals surface area contributed by atoms with E-state index in [1.807, 2.05) is 18.2 Å². The van der Waals surface area contributed by atoms with Crippen molar-refractivity contribution in [2.75, 3.05) is 0 Å². The van der Waals surface area contributed by atoms with Crippen molar-refractivity contribution in [2.24, 2.45) is 10.3 Å². The number of rotatable bonds is 6. The van der Waals surface area contributed by atoms with Gasteiger partial charge in [0.1, 0.15) is 0 Å². The molecule has 104 valence electrons. The van der Waals surface area contributed by atoms with E-state index in [-0.39, 0.29) is 11.5 Å². The summed E-state index contributed by atoms with van der Waals surface area (Å²) >= 11 is 0. The largest absolute Gasteiger partial charge is 0.311 e. The summed E-state index contributed by atoms with van der Waals surface area (Å²) in [6.45, 7) is 4.29. The Balaban J connectivity index is 2.28. The first kappa shape index (κ1) is 14.3. The van der Waals surface area contributed by atoms with E-state index in [9.17, 15) is 8.42 Å². The van der Waals surface area contributed by atoms with Crippen LogP contribution in [-0.2, 0) is 15.9 Å². The molecule has 0 radical (unpaired) electrons. The Hall–Kier alpha value is -1.16. The molecule has 0 spiro atoms. The monoisotopic (exact) mass is 279 g/mol. The summed E-state index contributed by atoms with van der Waals surface area (Å²) in [5.74, 6) is 0.310. The number of benzene rings is 1. The van der Waals surface area contributed by atoms with E-state index in [1.54, 1.807) is 0 Å². The molecule has 1 aromatic carbocycles. The van der Waals surface area contributed by atoms with Crippen LogP contribution in [0.2, 0.25) is 0 Å². The van der Waals surface area contributed by atoms with Crippen molar-refractivity contribution >= 4 is 10.5 Å². The number of unbranched alkanes of at least 4 members (excludes halogenated alkanes) is 2. The third-order valence-corrected chi connectivity index (χ3v) is 4.81. The molecule has 1 aromatic rings. The third kappa shape index (κ3) is 2.73. The predicted molar refractivity (Wildman–Crippen MR) is 76.6 cm³/mol. The van der Waals surface area contributed by atoms with Gasteiger partial charge in [0.2, 0.25) is 0 Å². The zero-order valence-corrected chi connectivity index (χ0v) is 12.4. The third-order valence-electron chi connectivity index (χ3n) is 4.41. The van der Waals surface area contributed by atoms with Gasteiger partial charge in [-0.3, -0.25) is 0 Å². The fraction of sp³-hybridized carbons (Fsp3) is 0.600. The SMILES string of the molecule is CCCCCC1(c2ccccc2)C(C)C1N=S(=O)=O. The minimum absolute atomic E-state index is 0.0590. The minimum atomic E-state index is -2.31. The lowest BCUT2D eigenvalue weighted by atomic mass is 9.87. The first-order valence-electron chi connectivity index (χ1n) is 6.98. The highest BCUT2D eigenvalue weighted by atomic mass is 32.2. The molecule has 1 saturated carbocycles. The highest BCUT2D eigenvalue weighted by Crippen LogP contribution is 2.59. The topological polar surface area (TPSA) is 46.5 Å². The van der Waals surface area contributed by atoms with Gasteiger partial charge in [0.15, 0.2) is 0 Å². The van der Waals surface area contributed by atoms with Gasteiger partial charge in [0.05, 0.1) is 6.04 Å². The van der Waals surface area contributed by atoms with Crippen LogP contribution >= 0.6 is 0 Å². The van der Waals surface area contributed by atoms with E-state index in [0.29, 0.717) is 5.92 Å². The van der Waals surface area contributed by atoms with Crippen molar-refractivity contribution < 1.29 is 8.42 Å². The van der Waals surface area contributed by atoms with E-state index in [0.717, 1.165) is 12.8 Å². The zero-order valence-electron chi connectivity index (χ0n) is 11.5. The normalized spacial score (nSPS) is 28.9. The van der Waals surface area contributed by atoms with E-state index >= 15 is 0 Å². The average molecular weight is 279 g/mol. The highest BCUT2D eigenvalue weighted by Gasteiger charge is 2.63. The molecule has 0 aromatic heterocycles. The molecule has 1 aliphatic carbocycles. The Morgan fingerprint density at radius 2 is 1.89 bits per heavy atom. The Kier molecular flexibility index (Phi) is 4.40. The maximum Gasteiger partial charge on any atom is 0.311 e. The Bertz CT molecular complexity index is 545. The van der Waals surface area contributed by atoms with Gasteiger partial charge in [0, 0.05) is 5.41 Å². The van der Waals surface area contributed by atoms with Gasteiger partial charge in [-0.05, 0) is 17.9 Å². The standard InChI is InChI=1S/C15H21NO2S/c1-3-4-8-11-15(13-9-6-5-7-10-13)12(2)14(15)16-19(17)18/h5-7,9-10,12,14H,3-4,8,11H2,1-2H3. The lowest BCUT2D eigenvalue weighted by Gasteiger charge is -2.17. The molecule has 0 saturated heterocycles. The molecule has 1 aliphatic rings. The molecule has 3 nitrogen and oxygen atoms in total. The molecule has 4 heteroatoms. The highest BCUT2D eigenvalue weighted by molar-refractivity contribution is 7.61. The van der Waals surface area contributed by atoms with Crippen LogP contribution in [0.15, 0.2) is 34.7 Å². The molecule has 0 amide bonds. The number of nitrogens with zero attached hydrogens (tertiary/aromatic N) is 1. The Morgan fingerprint density at radius 1 is 1.21 bits per heavy atom.